The molecule has 2 aromatic heterocycles. The molecule has 146 valence electrons. The predicted molar refractivity (Wildman–Crippen MR) is 103 cm³/mol. The van der Waals surface area contributed by atoms with Gasteiger partial charge in [0.2, 0.25) is 5.91 Å². The molecule has 28 heavy (non-hydrogen) atoms. The number of aliphatic hydroxyl groups is 1. The molecule has 1 aliphatic heterocycles. The highest BCUT2D eigenvalue weighted by Crippen LogP contribution is 2.29. The van der Waals surface area contributed by atoms with Crippen molar-refractivity contribution in [1.82, 2.24) is 19.9 Å². The summed E-state index contributed by atoms with van der Waals surface area (Å²) in [6, 6.07) is 2.32. The third-order valence-electron chi connectivity index (χ3n) is 5.47. The molecular weight excluding hydrogens is 360 g/mol. The number of carbonyl (C=O) groups is 2. The number of aliphatic hydroxyl groups excluding tert-OH is 1. The number of carbonyl (C=O) groups excluding carboxylic acids is 2. The highest BCUT2D eigenvalue weighted by atomic mass is 16.3. The Labute approximate surface area is 161 Å². The quantitative estimate of drug-likeness (QED) is 0.451. The van der Waals surface area contributed by atoms with Crippen LogP contribution >= 0.6 is 0 Å². The van der Waals surface area contributed by atoms with Crippen LogP contribution in [0.5, 0.6) is 0 Å². The lowest BCUT2D eigenvalue weighted by Crippen LogP contribution is -2.28. The Morgan fingerprint density at radius 1 is 1.21 bits per heavy atom. The van der Waals surface area contributed by atoms with Crippen LogP contribution in [-0.2, 0) is 9.59 Å². The summed E-state index contributed by atoms with van der Waals surface area (Å²) >= 11 is 0. The van der Waals surface area contributed by atoms with Crippen LogP contribution in [0.2, 0.25) is 0 Å². The Morgan fingerprint density at radius 2 is 2.07 bits per heavy atom. The molecule has 2 aliphatic carbocycles. The molecule has 1 unspecified atom stereocenters. The maximum Gasteiger partial charge on any atom is 0.254 e. The number of rotatable bonds is 5. The van der Waals surface area contributed by atoms with E-state index in [0.29, 0.717) is 28.6 Å². The average Bonchev–Trinajstić information content (AvgIpc) is 3.10. The van der Waals surface area contributed by atoms with Gasteiger partial charge >= 0.3 is 0 Å². The van der Waals surface area contributed by atoms with E-state index < -0.39 is 0 Å². The molecule has 3 fully saturated rings. The van der Waals surface area contributed by atoms with E-state index in [1.807, 2.05) is 6.07 Å². The summed E-state index contributed by atoms with van der Waals surface area (Å²) in [5, 5.41) is 23.7. The van der Waals surface area contributed by atoms with Crippen molar-refractivity contribution in [1.29, 1.82) is 0 Å². The second kappa shape index (κ2) is 6.59. The highest BCUT2D eigenvalue weighted by molar-refractivity contribution is 6.15. The minimum atomic E-state index is -0.377. The summed E-state index contributed by atoms with van der Waals surface area (Å²) in [7, 11) is 0. The van der Waals surface area contributed by atoms with Gasteiger partial charge < -0.3 is 15.7 Å². The molecular formula is C19H22N6O3. The van der Waals surface area contributed by atoms with Crippen molar-refractivity contribution in [3.8, 4) is 0 Å². The minimum Gasteiger partial charge on any atom is -0.391 e. The van der Waals surface area contributed by atoms with Crippen LogP contribution in [0.3, 0.4) is 0 Å². The number of aromatic nitrogens is 3. The number of hydrogen-bond donors (Lipinski definition) is 4. The van der Waals surface area contributed by atoms with Crippen LogP contribution < -0.4 is 16.0 Å². The smallest absolute Gasteiger partial charge is 0.254 e. The second-order valence-corrected chi connectivity index (χ2v) is 7.75. The van der Waals surface area contributed by atoms with Crippen molar-refractivity contribution < 1.29 is 14.7 Å². The first-order chi connectivity index (χ1) is 13.6. The molecule has 9 heteroatoms. The van der Waals surface area contributed by atoms with Gasteiger partial charge in [0.05, 0.1) is 24.8 Å². The second-order valence-electron chi connectivity index (χ2n) is 7.75. The molecule has 2 saturated carbocycles. The third-order valence-corrected chi connectivity index (χ3v) is 5.47. The van der Waals surface area contributed by atoms with E-state index in [-0.39, 0.29) is 30.4 Å². The Kier molecular flexibility index (Phi) is 4.04. The van der Waals surface area contributed by atoms with Gasteiger partial charge in [-0.3, -0.25) is 14.9 Å². The van der Waals surface area contributed by atoms with Gasteiger partial charge in [-0.15, -0.1) is 0 Å². The van der Waals surface area contributed by atoms with E-state index in [1.165, 1.54) is 0 Å². The Balaban J connectivity index is 1.54. The van der Waals surface area contributed by atoms with Crippen LogP contribution in [0.15, 0.2) is 17.8 Å². The molecule has 9 nitrogen and oxygen atoms in total. The molecule has 0 spiro atoms. The Morgan fingerprint density at radius 3 is 2.75 bits per heavy atom. The summed E-state index contributed by atoms with van der Waals surface area (Å²) < 4.78 is 1.72. The van der Waals surface area contributed by atoms with Crippen LogP contribution in [0.1, 0.15) is 44.1 Å². The number of imide groups is 1. The van der Waals surface area contributed by atoms with Crippen molar-refractivity contribution in [3.05, 3.63) is 23.4 Å². The van der Waals surface area contributed by atoms with E-state index in [9.17, 15) is 14.7 Å². The minimum absolute atomic E-state index is 0.0216. The zero-order chi connectivity index (χ0) is 19.3. The lowest BCUT2D eigenvalue weighted by Gasteiger charge is -2.18. The topological polar surface area (TPSA) is 121 Å². The molecule has 5 rings (SSSR count). The van der Waals surface area contributed by atoms with Crippen molar-refractivity contribution in [2.75, 3.05) is 10.6 Å². The van der Waals surface area contributed by atoms with E-state index in [1.54, 1.807) is 16.8 Å². The predicted octanol–water partition coefficient (Wildman–Crippen LogP) is 1.06. The monoisotopic (exact) mass is 382 g/mol. The maximum absolute atomic E-state index is 11.9. The normalized spacial score (nSPS) is 26.2. The SMILES string of the molecule is O=C1C/C(=C\c2cnn3c(NC4CC4)cc(NC4CCC[C@@H]4O)nc23)C(=O)N1. The average molecular weight is 382 g/mol. The maximum atomic E-state index is 11.9. The number of nitrogens with zero attached hydrogens (tertiary/aromatic N) is 3. The van der Waals surface area contributed by atoms with Crippen molar-refractivity contribution in [2.45, 2.75) is 56.7 Å². The summed E-state index contributed by atoms with van der Waals surface area (Å²) in [6.07, 6.45) is 7.93. The number of anilines is 2. The van der Waals surface area contributed by atoms with Gasteiger partial charge in [-0.25, -0.2) is 4.98 Å². The fraction of sp³-hybridized carbons (Fsp3) is 0.474. The number of amides is 2. The summed E-state index contributed by atoms with van der Waals surface area (Å²) in [4.78, 5) is 28.0. The fourth-order valence-corrected chi connectivity index (χ4v) is 3.80. The largest absolute Gasteiger partial charge is 0.391 e. The van der Waals surface area contributed by atoms with Gasteiger partial charge in [0, 0.05) is 23.2 Å². The highest BCUT2D eigenvalue weighted by Gasteiger charge is 2.28. The van der Waals surface area contributed by atoms with Gasteiger partial charge in [-0.05, 0) is 38.2 Å². The summed E-state index contributed by atoms with van der Waals surface area (Å²) in [5.74, 6) is 0.811. The van der Waals surface area contributed by atoms with Crippen molar-refractivity contribution >= 4 is 35.2 Å². The first-order valence-corrected chi connectivity index (χ1v) is 9.71. The van der Waals surface area contributed by atoms with Crippen LogP contribution in [0.4, 0.5) is 11.6 Å². The lowest BCUT2D eigenvalue weighted by atomic mass is 10.1. The fourth-order valence-electron chi connectivity index (χ4n) is 3.80. The summed E-state index contributed by atoms with van der Waals surface area (Å²) in [6.45, 7) is 0. The molecule has 1 saturated heterocycles. The zero-order valence-electron chi connectivity index (χ0n) is 15.3. The van der Waals surface area contributed by atoms with E-state index in [4.69, 9.17) is 0 Å². The molecule has 2 atom stereocenters. The van der Waals surface area contributed by atoms with E-state index in [2.05, 4.69) is 26.0 Å². The Hall–Kier alpha value is -2.94. The van der Waals surface area contributed by atoms with Crippen LogP contribution in [-0.4, -0.2) is 49.7 Å². The molecule has 0 bridgehead atoms. The van der Waals surface area contributed by atoms with E-state index >= 15 is 0 Å². The molecule has 3 aliphatic rings. The number of hydrogen-bond acceptors (Lipinski definition) is 7. The molecule has 3 heterocycles. The Bertz CT molecular complexity index is 993. The van der Waals surface area contributed by atoms with Gasteiger partial charge in [-0.2, -0.15) is 9.61 Å². The summed E-state index contributed by atoms with van der Waals surface area (Å²) in [5.41, 5.74) is 1.68. The van der Waals surface area contributed by atoms with Crippen LogP contribution in [0.25, 0.3) is 11.7 Å². The van der Waals surface area contributed by atoms with E-state index in [0.717, 1.165) is 37.9 Å². The zero-order valence-corrected chi connectivity index (χ0v) is 15.3. The van der Waals surface area contributed by atoms with Gasteiger partial charge in [0.15, 0.2) is 5.65 Å². The molecule has 0 radical (unpaired) electrons. The molecule has 4 N–H and O–H groups in total. The van der Waals surface area contributed by atoms with Crippen molar-refractivity contribution in [2.24, 2.45) is 0 Å². The number of fused-ring (bicyclic) bond motifs is 1. The van der Waals surface area contributed by atoms with Crippen LogP contribution in [0, 0.1) is 0 Å². The molecule has 0 aromatic carbocycles. The van der Waals surface area contributed by atoms with Gasteiger partial charge in [-0.1, -0.05) is 0 Å². The number of nitrogens with one attached hydrogen (secondary N) is 3. The third kappa shape index (κ3) is 3.22. The lowest BCUT2D eigenvalue weighted by molar-refractivity contribution is -0.124. The van der Waals surface area contributed by atoms with Crippen molar-refractivity contribution in [3.63, 3.8) is 0 Å². The molecule has 2 amide bonds. The van der Waals surface area contributed by atoms with Gasteiger partial charge in [0.25, 0.3) is 5.91 Å². The molecule has 2 aromatic rings. The van der Waals surface area contributed by atoms with Gasteiger partial charge in [0.1, 0.15) is 11.6 Å². The first-order valence-electron chi connectivity index (χ1n) is 9.71. The standard InChI is InChI=1S/C19H22N6O3/c26-14-3-1-2-13(14)22-15-8-16(21-12-4-5-12)25-18(23-15)11(9-20-25)6-10-7-17(27)24-19(10)28/h6,8-9,12-14,21,26H,1-5,7H2,(H,22,23)(H,24,27,28)/b10-6+/t13?,14-/m0/s1. The first kappa shape index (κ1) is 17.2.